The number of fused-ring (bicyclic) bond motifs is 1. The van der Waals surface area contributed by atoms with E-state index >= 15 is 0 Å². The quantitative estimate of drug-likeness (QED) is 0.606. The van der Waals surface area contributed by atoms with Gasteiger partial charge in [0.1, 0.15) is 35.6 Å². The van der Waals surface area contributed by atoms with Crippen LogP contribution in [0.2, 0.25) is 0 Å². The van der Waals surface area contributed by atoms with Gasteiger partial charge in [0, 0.05) is 6.20 Å². The highest BCUT2D eigenvalue weighted by atomic mass is 16.6. The van der Waals surface area contributed by atoms with E-state index in [1.807, 2.05) is 6.92 Å². The van der Waals surface area contributed by atoms with Crippen LogP contribution in [0.5, 0.6) is 0 Å². The molecule has 1 fully saturated rings. The Labute approximate surface area is 127 Å². The topological polar surface area (TPSA) is 127 Å². The van der Waals surface area contributed by atoms with Crippen molar-refractivity contribution in [3.8, 4) is 0 Å². The number of nitrogens with two attached hydrogens (primary N) is 1. The zero-order valence-corrected chi connectivity index (χ0v) is 12.5. The molecule has 0 amide bonds. The van der Waals surface area contributed by atoms with Crippen molar-refractivity contribution >= 4 is 16.9 Å². The van der Waals surface area contributed by atoms with Crippen LogP contribution in [0.4, 0.5) is 5.82 Å². The molecule has 3 unspecified atom stereocenters. The lowest BCUT2D eigenvalue weighted by Crippen LogP contribution is -2.44. The minimum absolute atomic E-state index is 0.359. The average Bonchev–Trinajstić information content (AvgIpc) is 2.97. The molecule has 0 radical (unpaired) electrons. The fourth-order valence-electron chi connectivity index (χ4n) is 3.02. The largest absolute Gasteiger partial charge is 0.394 e. The summed E-state index contributed by atoms with van der Waals surface area (Å²) in [7, 11) is 0. The van der Waals surface area contributed by atoms with Crippen LogP contribution in [0.3, 0.4) is 0 Å². The number of hydrogen-bond acceptors (Lipinski definition) is 7. The van der Waals surface area contributed by atoms with Gasteiger partial charge in [-0.05, 0) is 18.9 Å². The zero-order valence-electron chi connectivity index (χ0n) is 12.5. The van der Waals surface area contributed by atoms with Gasteiger partial charge in [-0.25, -0.2) is 9.97 Å². The Balaban J connectivity index is 2.17. The highest BCUT2D eigenvalue weighted by Crippen LogP contribution is 2.40. The molecule has 8 nitrogen and oxygen atoms in total. The van der Waals surface area contributed by atoms with E-state index in [1.54, 1.807) is 10.8 Å². The number of nitrogen functional groups attached to an aromatic ring is 1. The van der Waals surface area contributed by atoms with Crippen molar-refractivity contribution < 1.29 is 20.1 Å². The maximum Gasteiger partial charge on any atom is 0.167 e. The lowest BCUT2D eigenvalue weighted by atomic mass is 9.96. The average molecular weight is 308 g/mol. The van der Waals surface area contributed by atoms with Gasteiger partial charge in [-0.3, -0.25) is 0 Å². The molecule has 5 N–H and O–H groups in total. The molecule has 0 saturated carbocycles. The summed E-state index contributed by atoms with van der Waals surface area (Å²) in [5.74, 6) is 0.359. The van der Waals surface area contributed by atoms with Gasteiger partial charge in [-0.2, -0.15) is 0 Å². The lowest BCUT2D eigenvalue weighted by Gasteiger charge is -2.27. The first-order valence-electron chi connectivity index (χ1n) is 7.18. The Morgan fingerprint density at radius 3 is 2.77 bits per heavy atom. The molecule has 0 aliphatic carbocycles. The standard InChI is InChI=1S/C14H20N4O4/c1-3-7-4-18(12-9(7)11(15)16-6-17-12)13-14(2,21)10(20)8(5-19)22-13/h4,6,8,10,13,19-21H,3,5H2,1-2H3,(H2,15,16,17)/t8?,10-,13?,14?/m1/s1. The summed E-state index contributed by atoms with van der Waals surface area (Å²) < 4.78 is 7.29. The number of aryl methyl sites for hydroxylation is 1. The molecular weight excluding hydrogens is 288 g/mol. The molecule has 0 bridgehead atoms. The molecule has 3 heterocycles. The molecule has 1 aliphatic rings. The Morgan fingerprint density at radius 2 is 2.18 bits per heavy atom. The molecule has 3 rings (SSSR count). The van der Waals surface area contributed by atoms with Gasteiger partial charge in [0.15, 0.2) is 6.23 Å². The first-order valence-corrected chi connectivity index (χ1v) is 7.18. The first-order chi connectivity index (χ1) is 10.4. The Hall–Kier alpha value is -1.74. The predicted octanol–water partition coefficient (Wildman–Crippen LogP) is -0.423. The van der Waals surface area contributed by atoms with Crippen molar-refractivity contribution in [3.63, 3.8) is 0 Å². The van der Waals surface area contributed by atoms with E-state index in [4.69, 9.17) is 10.5 Å². The number of aromatic nitrogens is 3. The van der Waals surface area contributed by atoms with E-state index in [0.717, 1.165) is 5.56 Å². The van der Waals surface area contributed by atoms with Crippen LogP contribution in [-0.2, 0) is 11.2 Å². The molecule has 120 valence electrons. The fraction of sp³-hybridized carbons (Fsp3) is 0.571. The summed E-state index contributed by atoms with van der Waals surface area (Å²) in [5.41, 5.74) is 5.82. The number of aliphatic hydroxyl groups excluding tert-OH is 2. The van der Waals surface area contributed by atoms with Crippen molar-refractivity contribution in [1.29, 1.82) is 0 Å². The summed E-state index contributed by atoms with van der Waals surface area (Å²) in [6.07, 6.45) is 0.906. The van der Waals surface area contributed by atoms with E-state index in [1.165, 1.54) is 13.3 Å². The van der Waals surface area contributed by atoms with E-state index in [9.17, 15) is 15.3 Å². The number of aliphatic hydroxyl groups is 3. The fourth-order valence-corrected chi connectivity index (χ4v) is 3.02. The number of anilines is 1. The lowest BCUT2D eigenvalue weighted by molar-refractivity contribution is -0.0948. The van der Waals surface area contributed by atoms with Crippen molar-refractivity contribution in [3.05, 3.63) is 18.1 Å². The van der Waals surface area contributed by atoms with Crippen molar-refractivity contribution in [2.24, 2.45) is 0 Å². The van der Waals surface area contributed by atoms with Gasteiger partial charge in [0.2, 0.25) is 0 Å². The normalized spacial score (nSPS) is 32.0. The SMILES string of the molecule is CCc1cn(C2OC(CO)[C@@H](O)C2(C)O)c2ncnc(N)c12. The summed E-state index contributed by atoms with van der Waals surface area (Å²) in [6.45, 7) is 3.06. The van der Waals surface area contributed by atoms with Crippen LogP contribution in [0, 0.1) is 0 Å². The number of nitrogens with zero attached hydrogens (tertiary/aromatic N) is 3. The molecule has 1 saturated heterocycles. The molecular formula is C14H20N4O4. The number of rotatable bonds is 3. The van der Waals surface area contributed by atoms with Gasteiger partial charge < -0.3 is 30.4 Å². The molecule has 8 heteroatoms. The van der Waals surface area contributed by atoms with Gasteiger partial charge in [0.05, 0.1) is 12.0 Å². The smallest absolute Gasteiger partial charge is 0.167 e. The van der Waals surface area contributed by atoms with E-state index < -0.39 is 24.0 Å². The summed E-state index contributed by atoms with van der Waals surface area (Å²) >= 11 is 0. The van der Waals surface area contributed by atoms with E-state index in [2.05, 4.69) is 9.97 Å². The molecule has 2 aromatic heterocycles. The Morgan fingerprint density at radius 1 is 1.45 bits per heavy atom. The predicted molar refractivity (Wildman–Crippen MR) is 78.9 cm³/mol. The third-order valence-corrected chi connectivity index (χ3v) is 4.29. The number of hydrogen-bond donors (Lipinski definition) is 4. The highest BCUT2D eigenvalue weighted by Gasteiger charge is 2.53. The molecule has 0 spiro atoms. The van der Waals surface area contributed by atoms with Crippen LogP contribution in [0.25, 0.3) is 11.0 Å². The third-order valence-electron chi connectivity index (χ3n) is 4.29. The second-order valence-electron chi connectivity index (χ2n) is 5.75. The van der Waals surface area contributed by atoms with Gasteiger partial charge >= 0.3 is 0 Å². The van der Waals surface area contributed by atoms with Crippen LogP contribution >= 0.6 is 0 Å². The summed E-state index contributed by atoms with van der Waals surface area (Å²) in [6, 6.07) is 0. The van der Waals surface area contributed by atoms with Gasteiger partial charge in [0.25, 0.3) is 0 Å². The van der Waals surface area contributed by atoms with Crippen LogP contribution in [0.1, 0.15) is 25.6 Å². The van der Waals surface area contributed by atoms with Crippen molar-refractivity contribution in [2.75, 3.05) is 12.3 Å². The molecule has 22 heavy (non-hydrogen) atoms. The Bertz CT molecular complexity index is 699. The second kappa shape index (κ2) is 5.17. The van der Waals surface area contributed by atoms with E-state index in [0.29, 0.717) is 23.3 Å². The van der Waals surface area contributed by atoms with E-state index in [-0.39, 0.29) is 6.61 Å². The third kappa shape index (κ3) is 1.99. The molecule has 2 aromatic rings. The highest BCUT2D eigenvalue weighted by molar-refractivity contribution is 5.89. The molecule has 4 atom stereocenters. The minimum atomic E-state index is -1.57. The molecule has 1 aliphatic heterocycles. The Kier molecular flexibility index (Phi) is 3.56. The van der Waals surface area contributed by atoms with Crippen LogP contribution in [0.15, 0.2) is 12.5 Å². The maximum atomic E-state index is 10.6. The number of ether oxygens (including phenoxy) is 1. The first kappa shape index (κ1) is 15.2. The summed E-state index contributed by atoms with van der Waals surface area (Å²) in [4.78, 5) is 8.23. The van der Waals surface area contributed by atoms with Gasteiger partial charge in [-0.1, -0.05) is 6.92 Å². The van der Waals surface area contributed by atoms with Crippen molar-refractivity contribution in [2.45, 2.75) is 44.3 Å². The monoisotopic (exact) mass is 308 g/mol. The minimum Gasteiger partial charge on any atom is -0.394 e. The van der Waals surface area contributed by atoms with Gasteiger partial charge in [-0.15, -0.1) is 0 Å². The molecule has 0 aromatic carbocycles. The maximum absolute atomic E-state index is 10.6. The van der Waals surface area contributed by atoms with Crippen LogP contribution in [-0.4, -0.2) is 54.3 Å². The van der Waals surface area contributed by atoms with Crippen molar-refractivity contribution in [1.82, 2.24) is 14.5 Å². The summed E-state index contributed by atoms with van der Waals surface area (Å²) in [5, 5.41) is 30.7. The zero-order chi connectivity index (χ0) is 16.1. The second-order valence-corrected chi connectivity index (χ2v) is 5.75. The van der Waals surface area contributed by atoms with Crippen LogP contribution < -0.4 is 5.73 Å².